The molecule has 1 N–H and O–H groups in total. The number of aliphatic hydroxyl groups excluding tert-OH is 1. The van der Waals surface area contributed by atoms with Crippen LogP contribution in [0.4, 0.5) is 0 Å². The molecule has 1 unspecified atom stereocenters. The average Bonchev–Trinajstić information content (AvgIpc) is 2.78. The lowest BCUT2D eigenvalue weighted by Gasteiger charge is -2.11. The van der Waals surface area contributed by atoms with Crippen LogP contribution in [0.5, 0.6) is 0 Å². The van der Waals surface area contributed by atoms with Crippen LogP contribution in [0, 0.1) is 0 Å². The summed E-state index contributed by atoms with van der Waals surface area (Å²) in [4.78, 5) is 11.0. The molecule has 5 nitrogen and oxygen atoms in total. The molecule has 0 aliphatic heterocycles. The van der Waals surface area contributed by atoms with E-state index in [1.54, 1.807) is 25.3 Å². The number of esters is 1. The predicted molar refractivity (Wildman–Crippen MR) is 60.1 cm³/mol. The van der Waals surface area contributed by atoms with Gasteiger partial charge in [0.15, 0.2) is 0 Å². The van der Waals surface area contributed by atoms with Crippen LogP contribution in [0.15, 0.2) is 35.0 Å². The van der Waals surface area contributed by atoms with Crippen LogP contribution in [0.3, 0.4) is 0 Å². The van der Waals surface area contributed by atoms with E-state index in [2.05, 4.69) is 6.58 Å². The normalized spacial score (nSPS) is 12.1. The van der Waals surface area contributed by atoms with E-state index in [4.69, 9.17) is 13.9 Å². The van der Waals surface area contributed by atoms with Crippen molar-refractivity contribution in [2.45, 2.75) is 19.6 Å². The molecule has 0 saturated carbocycles. The van der Waals surface area contributed by atoms with E-state index in [0.29, 0.717) is 11.3 Å². The quantitative estimate of drug-likeness (QED) is 0.574. The third-order valence-corrected chi connectivity index (χ3v) is 1.89. The molecule has 1 aromatic heterocycles. The lowest BCUT2D eigenvalue weighted by Crippen LogP contribution is -2.23. The van der Waals surface area contributed by atoms with E-state index in [-0.39, 0.29) is 19.8 Å². The maximum Gasteiger partial charge on any atom is 0.333 e. The molecule has 0 aliphatic rings. The molecular weight excluding hydrogens is 224 g/mol. The lowest BCUT2D eigenvalue weighted by atomic mass is 10.3. The molecule has 0 amide bonds. The Morgan fingerprint density at radius 3 is 2.94 bits per heavy atom. The van der Waals surface area contributed by atoms with Gasteiger partial charge in [0.05, 0.1) is 12.9 Å². The second kappa shape index (κ2) is 6.88. The van der Waals surface area contributed by atoms with E-state index in [9.17, 15) is 9.90 Å². The largest absolute Gasteiger partial charge is 0.467 e. The van der Waals surface area contributed by atoms with Crippen LogP contribution in [-0.2, 0) is 20.9 Å². The zero-order chi connectivity index (χ0) is 12.7. The van der Waals surface area contributed by atoms with E-state index in [1.807, 2.05) is 0 Å². The smallest absolute Gasteiger partial charge is 0.333 e. The highest BCUT2D eigenvalue weighted by molar-refractivity contribution is 5.86. The van der Waals surface area contributed by atoms with E-state index < -0.39 is 12.1 Å². The molecule has 1 aromatic rings. The summed E-state index contributed by atoms with van der Waals surface area (Å²) in [7, 11) is 0. The van der Waals surface area contributed by atoms with Crippen LogP contribution in [0.2, 0.25) is 0 Å². The van der Waals surface area contributed by atoms with Gasteiger partial charge in [-0.15, -0.1) is 0 Å². The molecule has 17 heavy (non-hydrogen) atoms. The Labute approximate surface area is 99.6 Å². The predicted octanol–water partition coefficient (Wildman–Crippen LogP) is 1.28. The SMILES string of the molecule is C=C(C)C(=O)OCC(O)COCc1ccco1. The van der Waals surface area contributed by atoms with Crippen molar-refractivity contribution in [3.8, 4) is 0 Å². The van der Waals surface area contributed by atoms with Gasteiger partial charge in [-0.2, -0.15) is 0 Å². The Morgan fingerprint density at radius 2 is 2.35 bits per heavy atom. The molecule has 0 aliphatic carbocycles. The number of carbonyl (C=O) groups excluding carboxylic acids is 1. The summed E-state index contributed by atoms with van der Waals surface area (Å²) >= 11 is 0. The monoisotopic (exact) mass is 240 g/mol. The molecule has 0 radical (unpaired) electrons. The molecule has 5 heteroatoms. The van der Waals surface area contributed by atoms with Crippen LogP contribution < -0.4 is 0 Å². The zero-order valence-corrected chi connectivity index (χ0v) is 9.72. The molecule has 1 atom stereocenters. The maximum absolute atomic E-state index is 11.0. The van der Waals surface area contributed by atoms with Gasteiger partial charge in [-0.3, -0.25) is 0 Å². The first kappa shape index (κ1) is 13.5. The highest BCUT2D eigenvalue weighted by Crippen LogP contribution is 2.02. The summed E-state index contributed by atoms with van der Waals surface area (Å²) in [6, 6.07) is 3.53. The maximum atomic E-state index is 11.0. The summed E-state index contributed by atoms with van der Waals surface area (Å²) in [5.41, 5.74) is 0.300. The van der Waals surface area contributed by atoms with Crippen molar-refractivity contribution in [2.75, 3.05) is 13.2 Å². The number of ether oxygens (including phenoxy) is 2. The first-order valence-corrected chi connectivity index (χ1v) is 5.20. The van der Waals surface area contributed by atoms with Crippen molar-refractivity contribution in [1.82, 2.24) is 0 Å². The summed E-state index contributed by atoms with van der Waals surface area (Å²) in [5.74, 6) is 0.159. The van der Waals surface area contributed by atoms with E-state index >= 15 is 0 Å². The van der Waals surface area contributed by atoms with E-state index in [0.717, 1.165) is 0 Å². The minimum atomic E-state index is -0.853. The van der Waals surface area contributed by atoms with Gasteiger partial charge in [-0.05, 0) is 19.1 Å². The molecular formula is C12H16O5. The van der Waals surface area contributed by atoms with E-state index in [1.165, 1.54) is 0 Å². The Balaban J connectivity index is 2.11. The van der Waals surface area contributed by atoms with Crippen LogP contribution in [0.1, 0.15) is 12.7 Å². The second-order valence-electron chi connectivity index (χ2n) is 3.63. The molecule has 94 valence electrons. The third-order valence-electron chi connectivity index (χ3n) is 1.89. The summed E-state index contributed by atoms with van der Waals surface area (Å²) in [5, 5.41) is 9.45. The average molecular weight is 240 g/mol. The van der Waals surface area contributed by atoms with Crippen LogP contribution in [0.25, 0.3) is 0 Å². The third kappa shape index (κ3) is 5.33. The number of furan rings is 1. The van der Waals surface area contributed by atoms with Gasteiger partial charge in [-0.25, -0.2) is 4.79 Å². The van der Waals surface area contributed by atoms with Gasteiger partial charge >= 0.3 is 5.97 Å². The lowest BCUT2D eigenvalue weighted by molar-refractivity contribution is -0.143. The highest BCUT2D eigenvalue weighted by Gasteiger charge is 2.09. The number of carbonyl (C=O) groups is 1. The van der Waals surface area contributed by atoms with Crippen molar-refractivity contribution < 1.29 is 23.8 Å². The molecule has 0 fully saturated rings. The van der Waals surface area contributed by atoms with Crippen molar-refractivity contribution >= 4 is 5.97 Å². The van der Waals surface area contributed by atoms with Gasteiger partial charge in [0.25, 0.3) is 0 Å². The number of hydrogen-bond acceptors (Lipinski definition) is 5. The topological polar surface area (TPSA) is 68.9 Å². The van der Waals surface area contributed by atoms with Crippen molar-refractivity contribution in [3.63, 3.8) is 0 Å². The fraction of sp³-hybridized carbons (Fsp3) is 0.417. The van der Waals surface area contributed by atoms with Gasteiger partial charge < -0.3 is 19.0 Å². The molecule has 0 spiro atoms. The zero-order valence-electron chi connectivity index (χ0n) is 9.72. The van der Waals surface area contributed by atoms with Crippen LogP contribution in [-0.4, -0.2) is 30.4 Å². The molecule has 1 heterocycles. The number of aliphatic hydroxyl groups is 1. The second-order valence-corrected chi connectivity index (χ2v) is 3.63. The molecule has 1 rings (SSSR count). The van der Waals surface area contributed by atoms with Crippen molar-refractivity contribution in [3.05, 3.63) is 36.3 Å². The fourth-order valence-electron chi connectivity index (χ4n) is 1.03. The van der Waals surface area contributed by atoms with Crippen LogP contribution >= 0.6 is 0 Å². The summed E-state index contributed by atoms with van der Waals surface area (Å²) < 4.78 is 15.0. The highest BCUT2D eigenvalue weighted by atomic mass is 16.5. The number of hydrogen-bond donors (Lipinski definition) is 1. The van der Waals surface area contributed by atoms with Gasteiger partial charge in [0, 0.05) is 5.57 Å². The molecule has 0 saturated heterocycles. The Bertz CT molecular complexity index is 355. The van der Waals surface area contributed by atoms with Crippen molar-refractivity contribution in [2.24, 2.45) is 0 Å². The van der Waals surface area contributed by atoms with Gasteiger partial charge in [0.2, 0.25) is 0 Å². The first-order chi connectivity index (χ1) is 8.09. The van der Waals surface area contributed by atoms with Gasteiger partial charge in [0.1, 0.15) is 25.1 Å². The minimum absolute atomic E-state index is 0.0736. The Morgan fingerprint density at radius 1 is 1.59 bits per heavy atom. The van der Waals surface area contributed by atoms with Crippen molar-refractivity contribution in [1.29, 1.82) is 0 Å². The molecule has 0 bridgehead atoms. The standard InChI is InChI=1S/C12H16O5/c1-9(2)12(14)17-7-10(13)6-15-8-11-4-3-5-16-11/h3-5,10,13H,1,6-8H2,2H3. The summed E-state index contributed by atoms with van der Waals surface area (Å²) in [6.07, 6.45) is 0.692. The van der Waals surface area contributed by atoms with Gasteiger partial charge in [-0.1, -0.05) is 6.58 Å². The number of rotatable bonds is 7. The summed E-state index contributed by atoms with van der Waals surface area (Å²) in [6.45, 7) is 5.22. The minimum Gasteiger partial charge on any atom is -0.467 e. The first-order valence-electron chi connectivity index (χ1n) is 5.20. The Hall–Kier alpha value is -1.59. The molecule has 0 aromatic carbocycles. The Kier molecular flexibility index (Phi) is 5.45. The fourth-order valence-corrected chi connectivity index (χ4v) is 1.03.